The number of thiophene rings is 1. The highest BCUT2D eigenvalue weighted by atomic mass is 32.1. The summed E-state index contributed by atoms with van der Waals surface area (Å²) in [6, 6.07) is 0. The Morgan fingerprint density at radius 3 is 3.05 bits per heavy atom. The molecule has 0 spiro atoms. The van der Waals surface area contributed by atoms with E-state index < -0.39 is 6.10 Å². The van der Waals surface area contributed by atoms with Gasteiger partial charge in [0.15, 0.2) is 0 Å². The Labute approximate surface area is 130 Å². The van der Waals surface area contributed by atoms with Crippen molar-refractivity contribution in [1.82, 2.24) is 14.9 Å². The lowest BCUT2D eigenvalue weighted by Gasteiger charge is -2.15. The lowest BCUT2D eigenvalue weighted by atomic mass is 10.2. The van der Waals surface area contributed by atoms with Crippen LogP contribution in [0.5, 0.6) is 0 Å². The maximum absolute atomic E-state index is 12.7. The standard InChI is InChI=1S/C14H17N3O4S/c1-3-21-9-5-17(4-8(9)18)14(20)11-7(2)10-12(19)15-6-16-13(10)22-11/h6,8-9,18H,3-5H2,1-2H3,(H,15,16,19)/t8-,9-/m1/s1. The van der Waals surface area contributed by atoms with E-state index in [0.29, 0.717) is 33.8 Å². The zero-order valence-electron chi connectivity index (χ0n) is 12.3. The van der Waals surface area contributed by atoms with Crippen LogP contribution in [0.4, 0.5) is 0 Å². The molecule has 1 amide bonds. The highest BCUT2D eigenvalue weighted by molar-refractivity contribution is 7.20. The Bertz CT molecular complexity index is 769. The molecule has 3 heterocycles. The molecule has 2 aromatic rings. The molecule has 1 saturated heterocycles. The lowest BCUT2D eigenvalue weighted by molar-refractivity contribution is -0.00237. The molecule has 7 nitrogen and oxygen atoms in total. The zero-order chi connectivity index (χ0) is 15.9. The summed E-state index contributed by atoms with van der Waals surface area (Å²) < 4.78 is 5.43. The van der Waals surface area contributed by atoms with Crippen molar-refractivity contribution in [3.63, 3.8) is 0 Å². The van der Waals surface area contributed by atoms with E-state index in [1.165, 1.54) is 17.7 Å². The minimum absolute atomic E-state index is 0.193. The number of nitrogens with one attached hydrogen (secondary N) is 1. The molecule has 1 fully saturated rings. The van der Waals surface area contributed by atoms with Crippen molar-refractivity contribution in [1.29, 1.82) is 0 Å². The molecule has 1 aliphatic rings. The number of nitrogens with zero attached hydrogens (tertiary/aromatic N) is 2. The first kappa shape index (κ1) is 15.1. The summed E-state index contributed by atoms with van der Waals surface area (Å²) in [5, 5.41) is 10.4. The number of H-pyrrole nitrogens is 1. The minimum atomic E-state index is -0.680. The van der Waals surface area contributed by atoms with Gasteiger partial charge >= 0.3 is 0 Å². The van der Waals surface area contributed by atoms with Gasteiger partial charge in [0.2, 0.25) is 0 Å². The lowest BCUT2D eigenvalue weighted by Crippen LogP contribution is -2.30. The first-order chi connectivity index (χ1) is 10.5. The number of aliphatic hydroxyl groups is 1. The molecular weight excluding hydrogens is 306 g/mol. The van der Waals surface area contributed by atoms with Gasteiger partial charge in [0.25, 0.3) is 11.5 Å². The first-order valence-corrected chi connectivity index (χ1v) is 7.90. The molecule has 2 N–H and O–H groups in total. The van der Waals surface area contributed by atoms with Gasteiger partial charge in [-0.25, -0.2) is 4.98 Å². The quantitative estimate of drug-likeness (QED) is 0.858. The van der Waals surface area contributed by atoms with Crippen LogP contribution in [0.3, 0.4) is 0 Å². The number of fused-ring (bicyclic) bond motifs is 1. The van der Waals surface area contributed by atoms with Crippen LogP contribution in [0, 0.1) is 6.92 Å². The fourth-order valence-corrected chi connectivity index (χ4v) is 3.84. The Kier molecular flexibility index (Phi) is 3.98. The van der Waals surface area contributed by atoms with E-state index >= 15 is 0 Å². The number of hydrogen-bond donors (Lipinski definition) is 2. The Balaban J connectivity index is 1.92. The van der Waals surface area contributed by atoms with Gasteiger partial charge in [0.05, 0.1) is 22.7 Å². The van der Waals surface area contributed by atoms with Crippen molar-refractivity contribution < 1.29 is 14.6 Å². The van der Waals surface area contributed by atoms with Gasteiger partial charge in [-0.2, -0.15) is 0 Å². The fraction of sp³-hybridized carbons (Fsp3) is 0.500. The molecule has 2 aromatic heterocycles. The second kappa shape index (κ2) is 5.79. The SMILES string of the molecule is CCO[C@@H]1CN(C(=O)c2sc3nc[nH]c(=O)c3c2C)C[C@H]1O. The molecule has 0 bridgehead atoms. The van der Waals surface area contributed by atoms with Crippen LogP contribution in [0.2, 0.25) is 0 Å². The Morgan fingerprint density at radius 1 is 1.59 bits per heavy atom. The Hall–Kier alpha value is -1.77. The topological polar surface area (TPSA) is 95.5 Å². The predicted molar refractivity (Wildman–Crippen MR) is 82.3 cm³/mol. The number of likely N-dealkylation sites (tertiary alicyclic amines) is 1. The van der Waals surface area contributed by atoms with E-state index in [2.05, 4.69) is 9.97 Å². The summed E-state index contributed by atoms with van der Waals surface area (Å²) in [6.07, 6.45) is 0.296. The van der Waals surface area contributed by atoms with E-state index in [9.17, 15) is 14.7 Å². The fourth-order valence-electron chi connectivity index (χ4n) is 2.73. The van der Waals surface area contributed by atoms with E-state index in [-0.39, 0.29) is 24.1 Å². The van der Waals surface area contributed by atoms with E-state index in [1.807, 2.05) is 6.92 Å². The number of hydrogen-bond acceptors (Lipinski definition) is 6. The van der Waals surface area contributed by atoms with Crippen LogP contribution < -0.4 is 5.56 Å². The minimum Gasteiger partial charge on any atom is -0.388 e. The molecule has 0 aromatic carbocycles. The predicted octanol–water partition coefficient (Wildman–Crippen LogP) is 0.515. The van der Waals surface area contributed by atoms with Gasteiger partial charge in [-0.3, -0.25) is 9.59 Å². The maximum atomic E-state index is 12.7. The molecule has 8 heteroatoms. The summed E-state index contributed by atoms with van der Waals surface area (Å²) in [6.45, 7) is 4.68. The third-order valence-corrected chi connectivity index (χ3v) is 5.02. The normalized spacial score (nSPS) is 21.7. The monoisotopic (exact) mass is 323 g/mol. The summed E-state index contributed by atoms with van der Waals surface area (Å²) in [5.74, 6) is -0.193. The molecule has 118 valence electrons. The molecular formula is C14H17N3O4S. The van der Waals surface area contributed by atoms with E-state index in [1.54, 1.807) is 11.8 Å². The van der Waals surface area contributed by atoms with Gasteiger partial charge in [-0.1, -0.05) is 0 Å². The van der Waals surface area contributed by atoms with Crippen molar-refractivity contribution in [3.05, 3.63) is 27.1 Å². The highest BCUT2D eigenvalue weighted by Gasteiger charge is 2.36. The number of β-amino-alcohol motifs (C(OH)–C–C–N with tert-alkyl or cyclic N) is 1. The van der Waals surface area contributed by atoms with Crippen molar-refractivity contribution in [2.75, 3.05) is 19.7 Å². The second-order valence-corrected chi connectivity index (χ2v) is 6.24. The molecule has 0 saturated carbocycles. The van der Waals surface area contributed by atoms with Crippen LogP contribution in [0.1, 0.15) is 22.2 Å². The number of aliphatic hydroxyl groups excluding tert-OH is 1. The maximum Gasteiger partial charge on any atom is 0.264 e. The smallest absolute Gasteiger partial charge is 0.264 e. The van der Waals surface area contributed by atoms with Crippen LogP contribution in [0.15, 0.2) is 11.1 Å². The van der Waals surface area contributed by atoms with Crippen molar-refractivity contribution in [2.45, 2.75) is 26.1 Å². The second-order valence-electron chi connectivity index (χ2n) is 5.24. The number of aromatic nitrogens is 2. The zero-order valence-corrected chi connectivity index (χ0v) is 13.1. The van der Waals surface area contributed by atoms with E-state index in [4.69, 9.17) is 4.74 Å². The van der Waals surface area contributed by atoms with Gasteiger partial charge in [0.1, 0.15) is 10.9 Å². The van der Waals surface area contributed by atoms with Crippen molar-refractivity contribution >= 4 is 27.5 Å². The van der Waals surface area contributed by atoms with Gasteiger partial charge in [-0.15, -0.1) is 11.3 Å². The average Bonchev–Trinajstić information content (AvgIpc) is 3.01. The number of carbonyl (C=O) groups excluding carboxylic acids is 1. The van der Waals surface area contributed by atoms with Gasteiger partial charge in [-0.05, 0) is 19.4 Å². The first-order valence-electron chi connectivity index (χ1n) is 7.08. The Morgan fingerprint density at radius 2 is 2.36 bits per heavy atom. The number of aromatic amines is 1. The summed E-state index contributed by atoms with van der Waals surface area (Å²) in [4.78, 5) is 33.8. The molecule has 2 atom stereocenters. The third kappa shape index (κ3) is 2.43. The number of ether oxygens (including phenoxy) is 1. The van der Waals surface area contributed by atoms with Crippen LogP contribution >= 0.6 is 11.3 Å². The van der Waals surface area contributed by atoms with Crippen LogP contribution in [0.25, 0.3) is 10.2 Å². The third-order valence-electron chi connectivity index (χ3n) is 3.83. The van der Waals surface area contributed by atoms with Crippen LogP contribution in [-0.2, 0) is 4.74 Å². The number of carbonyl (C=O) groups is 1. The molecule has 22 heavy (non-hydrogen) atoms. The van der Waals surface area contributed by atoms with Crippen molar-refractivity contribution in [2.24, 2.45) is 0 Å². The molecule has 3 rings (SSSR count). The molecule has 0 radical (unpaired) electrons. The molecule has 0 unspecified atom stereocenters. The number of amides is 1. The summed E-state index contributed by atoms with van der Waals surface area (Å²) >= 11 is 1.20. The van der Waals surface area contributed by atoms with Gasteiger partial charge in [0, 0.05) is 19.7 Å². The number of rotatable bonds is 3. The summed E-state index contributed by atoms with van der Waals surface area (Å²) in [7, 11) is 0. The molecule has 1 aliphatic heterocycles. The van der Waals surface area contributed by atoms with Crippen LogP contribution in [-0.4, -0.2) is 57.8 Å². The average molecular weight is 323 g/mol. The highest BCUT2D eigenvalue weighted by Crippen LogP contribution is 2.29. The number of aryl methyl sites for hydroxylation is 1. The summed E-state index contributed by atoms with van der Waals surface area (Å²) in [5.41, 5.74) is 0.389. The largest absolute Gasteiger partial charge is 0.388 e. The molecule has 0 aliphatic carbocycles. The van der Waals surface area contributed by atoms with E-state index in [0.717, 1.165) is 0 Å². The van der Waals surface area contributed by atoms with Gasteiger partial charge < -0.3 is 19.7 Å². The van der Waals surface area contributed by atoms with Crippen molar-refractivity contribution in [3.8, 4) is 0 Å².